The van der Waals surface area contributed by atoms with Crippen molar-refractivity contribution in [2.24, 2.45) is 5.73 Å². The van der Waals surface area contributed by atoms with E-state index in [2.05, 4.69) is 4.98 Å². The molecule has 0 radical (unpaired) electrons. The topological polar surface area (TPSA) is 76.2 Å². The number of amides is 1. The molecule has 0 aliphatic carbocycles. The van der Waals surface area contributed by atoms with Gasteiger partial charge in [0.05, 0.1) is 16.2 Å². The number of aromatic hydroxyl groups is 1. The third-order valence-electron chi connectivity index (χ3n) is 3.20. The number of pyridine rings is 1. The fraction of sp³-hybridized carbons (Fsp3) is 0. The van der Waals surface area contributed by atoms with Gasteiger partial charge in [0.15, 0.2) is 0 Å². The lowest BCUT2D eigenvalue weighted by molar-refractivity contribution is 0.100. The summed E-state index contributed by atoms with van der Waals surface area (Å²) in [6.07, 6.45) is 0. The average Bonchev–Trinajstić information content (AvgIpc) is 2.46. The van der Waals surface area contributed by atoms with E-state index in [1.807, 2.05) is 12.1 Å². The first kappa shape index (κ1) is 13.4. The summed E-state index contributed by atoms with van der Waals surface area (Å²) in [6.45, 7) is 0. The van der Waals surface area contributed by atoms with Crippen LogP contribution in [0.15, 0.2) is 48.5 Å². The molecular formula is C16H11ClN2O2. The van der Waals surface area contributed by atoms with Crippen molar-refractivity contribution >= 4 is 28.4 Å². The number of benzene rings is 2. The molecule has 0 saturated heterocycles. The van der Waals surface area contributed by atoms with Crippen molar-refractivity contribution in [3.63, 3.8) is 0 Å². The van der Waals surface area contributed by atoms with Crippen LogP contribution in [0.4, 0.5) is 0 Å². The first-order valence-electron chi connectivity index (χ1n) is 6.24. The van der Waals surface area contributed by atoms with Crippen molar-refractivity contribution in [1.29, 1.82) is 0 Å². The Bertz CT molecular complexity index is 862. The van der Waals surface area contributed by atoms with E-state index in [1.54, 1.807) is 30.3 Å². The highest BCUT2D eigenvalue weighted by molar-refractivity contribution is 6.33. The Morgan fingerprint density at radius 3 is 2.62 bits per heavy atom. The van der Waals surface area contributed by atoms with Gasteiger partial charge < -0.3 is 10.8 Å². The average molecular weight is 299 g/mol. The molecular weight excluding hydrogens is 288 g/mol. The number of phenols is 1. The zero-order valence-corrected chi connectivity index (χ0v) is 11.6. The second kappa shape index (κ2) is 5.07. The van der Waals surface area contributed by atoms with Gasteiger partial charge in [0.25, 0.3) is 0 Å². The molecule has 0 aliphatic heterocycles. The lowest BCUT2D eigenvalue weighted by Gasteiger charge is -2.07. The Morgan fingerprint density at radius 1 is 1.10 bits per heavy atom. The number of halogens is 1. The zero-order valence-electron chi connectivity index (χ0n) is 10.9. The summed E-state index contributed by atoms with van der Waals surface area (Å²) in [5, 5.41) is 10.7. The highest BCUT2D eigenvalue weighted by atomic mass is 35.5. The van der Waals surface area contributed by atoms with Gasteiger partial charge in [-0.05, 0) is 36.4 Å². The number of carbonyl (C=O) groups is 1. The van der Waals surface area contributed by atoms with Crippen LogP contribution in [-0.2, 0) is 0 Å². The van der Waals surface area contributed by atoms with E-state index in [1.165, 1.54) is 6.07 Å². The highest BCUT2D eigenvalue weighted by Crippen LogP contribution is 2.29. The van der Waals surface area contributed by atoms with Gasteiger partial charge in [0, 0.05) is 16.5 Å². The molecule has 2 aromatic carbocycles. The lowest BCUT2D eigenvalue weighted by atomic mass is 10.1. The normalized spacial score (nSPS) is 10.7. The van der Waals surface area contributed by atoms with E-state index >= 15 is 0 Å². The third kappa shape index (κ3) is 2.53. The largest absolute Gasteiger partial charge is 0.508 e. The molecule has 1 amide bonds. The Balaban J connectivity index is 2.12. The Hall–Kier alpha value is -2.59. The van der Waals surface area contributed by atoms with Gasteiger partial charge in [-0.2, -0.15) is 0 Å². The predicted molar refractivity (Wildman–Crippen MR) is 82.4 cm³/mol. The minimum absolute atomic E-state index is 0.195. The van der Waals surface area contributed by atoms with Crippen LogP contribution in [0.2, 0.25) is 5.02 Å². The van der Waals surface area contributed by atoms with Gasteiger partial charge in [-0.1, -0.05) is 23.7 Å². The number of nitrogens with two attached hydrogens (primary N) is 1. The fourth-order valence-corrected chi connectivity index (χ4v) is 2.42. The maximum Gasteiger partial charge on any atom is 0.248 e. The van der Waals surface area contributed by atoms with Crippen LogP contribution in [-0.4, -0.2) is 16.0 Å². The molecule has 0 spiro atoms. The summed E-state index contributed by atoms with van der Waals surface area (Å²) < 4.78 is 0. The molecule has 3 N–H and O–H groups in total. The maximum atomic E-state index is 11.1. The smallest absolute Gasteiger partial charge is 0.248 e. The first-order valence-corrected chi connectivity index (χ1v) is 6.62. The molecule has 0 fully saturated rings. The second-order valence-corrected chi connectivity index (χ2v) is 5.04. The van der Waals surface area contributed by atoms with Crippen LogP contribution in [0, 0.1) is 0 Å². The second-order valence-electron chi connectivity index (χ2n) is 4.63. The number of nitrogens with zero attached hydrogens (tertiary/aromatic N) is 1. The molecule has 4 nitrogen and oxygen atoms in total. The Labute approximate surface area is 125 Å². The molecule has 0 aliphatic rings. The fourth-order valence-electron chi connectivity index (χ4n) is 2.14. The van der Waals surface area contributed by atoms with Crippen LogP contribution in [0.25, 0.3) is 22.2 Å². The highest BCUT2D eigenvalue weighted by Gasteiger charge is 2.09. The van der Waals surface area contributed by atoms with Gasteiger partial charge in [0.1, 0.15) is 5.75 Å². The quantitative estimate of drug-likeness (QED) is 0.761. The van der Waals surface area contributed by atoms with Gasteiger partial charge in [-0.25, -0.2) is 4.98 Å². The summed E-state index contributed by atoms with van der Waals surface area (Å²) in [4.78, 5) is 15.6. The lowest BCUT2D eigenvalue weighted by Crippen LogP contribution is -2.10. The minimum atomic E-state index is -0.523. The van der Waals surface area contributed by atoms with Crippen molar-refractivity contribution < 1.29 is 9.90 Å². The summed E-state index contributed by atoms with van der Waals surface area (Å²) in [7, 11) is 0. The van der Waals surface area contributed by atoms with Crippen molar-refractivity contribution in [3.8, 4) is 17.0 Å². The molecule has 0 saturated carbocycles. The first-order chi connectivity index (χ1) is 10.0. The number of hydrogen-bond donors (Lipinski definition) is 2. The molecule has 1 heterocycles. The summed E-state index contributed by atoms with van der Waals surface area (Å²) in [6, 6.07) is 13.5. The van der Waals surface area contributed by atoms with Crippen LogP contribution in [0.5, 0.6) is 5.75 Å². The molecule has 3 aromatic rings. The number of hydrogen-bond acceptors (Lipinski definition) is 3. The summed E-state index contributed by atoms with van der Waals surface area (Å²) in [5.41, 5.74) is 7.74. The third-order valence-corrected chi connectivity index (χ3v) is 3.52. The van der Waals surface area contributed by atoms with E-state index < -0.39 is 5.91 Å². The molecule has 0 bridgehead atoms. The molecule has 21 heavy (non-hydrogen) atoms. The van der Waals surface area contributed by atoms with Gasteiger partial charge in [0.2, 0.25) is 5.91 Å². The number of rotatable bonds is 2. The molecule has 0 atom stereocenters. The van der Waals surface area contributed by atoms with Crippen molar-refractivity contribution in [2.45, 2.75) is 0 Å². The minimum Gasteiger partial charge on any atom is -0.508 e. The molecule has 5 heteroatoms. The summed E-state index contributed by atoms with van der Waals surface area (Å²) >= 11 is 6.20. The molecule has 1 aromatic heterocycles. The van der Waals surface area contributed by atoms with Gasteiger partial charge >= 0.3 is 0 Å². The van der Waals surface area contributed by atoms with E-state index in [4.69, 9.17) is 17.3 Å². The van der Waals surface area contributed by atoms with Crippen molar-refractivity contribution in [3.05, 3.63) is 59.1 Å². The van der Waals surface area contributed by atoms with Gasteiger partial charge in [-0.3, -0.25) is 4.79 Å². The molecule has 3 rings (SSSR count). The summed E-state index contributed by atoms with van der Waals surface area (Å²) in [5.74, 6) is -0.328. The van der Waals surface area contributed by atoms with Crippen LogP contribution < -0.4 is 5.73 Å². The van der Waals surface area contributed by atoms with Crippen molar-refractivity contribution in [2.75, 3.05) is 0 Å². The Kier molecular flexibility index (Phi) is 3.23. The number of aromatic nitrogens is 1. The number of fused-ring (bicyclic) bond motifs is 1. The number of carbonyl (C=O) groups excluding carboxylic acids is 1. The standard InChI is InChI=1S/C16H11ClN2O2/c17-13-8-10(16(18)21)1-4-12(13)15-5-2-9-7-11(20)3-6-14(9)19-15/h1-8,20H,(H2,18,21). The van der Waals surface area contributed by atoms with E-state index in [0.29, 0.717) is 16.3 Å². The predicted octanol–water partition coefficient (Wildman–Crippen LogP) is 3.36. The monoisotopic (exact) mass is 298 g/mol. The molecule has 104 valence electrons. The Morgan fingerprint density at radius 2 is 1.90 bits per heavy atom. The van der Waals surface area contributed by atoms with E-state index in [0.717, 1.165) is 16.5 Å². The van der Waals surface area contributed by atoms with Crippen LogP contribution in [0.1, 0.15) is 10.4 Å². The maximum absolute atomic E-state index is 11.1. The number of phenolic OH excluding ortho intramolecular Hbond substituents is 1. The van der Waals surface area contributed by atoms with Crippen LogP contribution >= 0.6 is 11.6 Å². The van der Waals surface area contributed by atoms with Gasteiger partial charge in [-0.15, -0.1) is 0 Å². The van der Waals surface area contributed by atoms with E-state index in [-0.39, 0.29) is 5.75 Å². The van der Waals surface area contributed by atoms with E-state index in [9.17, 15) is 9.90 Å². The molecule has 0 unspecified atom stereocenters. The SMILES string of the molecule is NC(=O)c1ccc(-c2ccc3cc(O)ccc3n2)c(Cl)c1. The van der Waals surface area contributed by atoms with Crippen molar-refractivity contribution in [1.82, 2.24) is 4.98 Å². The van der Waals surface area contributed by atoms with Crippen LogP contribution in [0.3, 0.4) is 0 Å². The number of primary amides is 1. The zero-order chi connectivity index (χ0) is 15.0.